The molecule has 2 unspecified atom stereocenters. The van der Waals surface area contributed by atoms with E-state index in [9.17, 15) is 5.11 Å². The van der Waals surface area contributed by atoms with Crippen LogP contribution in [0.15, 0.2) is 24.3 Å². The maximum absolute atomic E-state index is 10.5. The van der Waals surface area contributed by atoms with Gasteiger partial charge in [0.1, 0.15) is 0 Å². The van der Waals surface area contributed by atoms with Gasteiger partial charge < -0.3 is 5.11 Å². The Balaban J connectivity index is 2.97. The van der Waals surface area contributed by atoms with Crippen molar-refractivity contribution in [2.75, 3.05) is 0 Å². The van der Waals surface area contributed by atoms with Crippen LogP contribution in [0.2, 0.25) is 0 Å². The molecule has 1 aromatic carbocycles. The van der Waals surface area contributed by atoms with Crippen molar-refractivity contribution in [3.05, 3.63) is 35.4 Å². The summed E-state index contributed by atoms with van der Waals surface area (Å²) in [6.07, 6.45) is 0.985. The lowest BCUT2D eigenvalue weighted by Gasteiger charge is -2.30. The normalized spacial score (nSPS) is 17.2. The van der Waals surface area contributed by atoms with Crippen molar-refractivity contribution >= 4 is 0 Å². The van der Waals surface area contributed by atoms with E-state index < -0.39 is 5.60 Å². The number of rotatable bonds is 4. The molecule has 0 spiro atoms. The van der Waals surface area contributed by atoms with Crippen LogP contribution in [0.4, 0.5) is 0 Å². The van der Waals surface area contributed by atoms with Gasteiger partial charge in [-0.1, -0.05) is 58.4 Å². The van der Waals surface area contributed by atoms with Crippen molar-refractivity contribution < 1.29 is 5.11 Å². The maximum Gasteiger partial charge on any atom is 0.0893 e. The predicted molar refractivity (Wildman–Crippen MR) is 69.6 cm³/mol. The lowest BCUT2D eigenvalue weighted by Crippen LogP contribution is -2.29. The Morgan fingerprint density at radius 3 is 2.00 bits per heavy atom. The van der Waals surface area contributed by atoms with Gasteiger partial charge >= 0.3 is 0 Å². The molecule has 2 atom stereocenters. The standard InChI is InChI=1S/C15H24O/c1-6-12(4)15(5,16)14-9-7-13(8-10-14)11(2)3/h7-12,16H,6H2,1-5H3. The van der Waals surface area contributed by atoms with Crippen LogP contribution in [0.25, 0.3) is 0 Å². The molecule has 0 fully saturated rings. The molecule has 0 aliphatic rings. The highest BCUT2D eigenvalue weighted by molar-refractivity contribution is 5.28. The van der Waals surface area contributed by atoms with Crippen LogP contribution >= 0.6 is 0 Å². The first-order valence-corrected chi connectivity index (χ1v) is 6.22. The SMILES string of the molecule is CCC(C)C(C)(O)c1ccc(C(C)C)cc1. The molecule has 16 heavy (non-hydrogen) atoms. The lowest BCUT2D eigenvalue weighted by molar-refractivity contribution is 0.00000413. The van der Waals surface area contributed by atoms with Crippen LogP contribution in [0.1, 0.15) is 58.1 Å². The summed E-state index contributed by atoms with van der Waals surface area (Å²) in [6, 6.07) is 8.36. The van der Waals surface area contributed by atoms with Crippen LogP contribution in [0, 0.1) is 5.92 Å². The molecule has 0 saturated heterocycles. The highest BCUT2D eigenvalue weighted by Crippen LogP contribution is 2.31. The van der Waals surface area contributed by atoms with Crippen LogP contribution in [0.3, 0.4) is 0 Å². The summed E-state index contributed by atoms with van der Waals surface area (Å²) in [6.45, 7) is 10.5. The molecule has 0 aliphatic heterocycles. The second-order valence-electron chi connectivity index (χ2n) is 5.23. The molecule has 0 saturated carbocycles. The topological polar surface area (TPSA) is 20.2 Å². The smallest absolute Gasteiger partial charge is 0.0893 e. The quantitative estimate of drug-likeness (QED) is 0.811. The fourth-order valence-corrected chi connectivity index (χ4v) is 1.89. The third-order valence-electron chi connectivity index (χ3n) is 3.73. The molecule has 1 aromatic rings. The molecule has 1 heteroatoms. The zero-order valence-electron chi connectivity index (χ0n) is 11.1. The summed E-state index contributed by atoms with van der Waals surface area (Å²) >= 11 is 0. The van der Waals surface area contributed by atoms with E-state index in [2.05, 4.69) is 52.0 Å². The van der Waals surface area contributed by atoms with Crippen molar-refractivity contribution in [3.8, 4) is 0 Å². The molecule has 0 bridgehead atoms. The maximum atomic E-state index is 10.5. The van der Waals surface area contributed by atoms with Crippen LogP contribution in [-0.2, 0) is 5.60 Å². The molecular formula is C15H24O. The molecule has 0 radical (unpaired) electrons. The molecule has 1 rings (SSSR count). The van der Waals surface area contributed by atoms with E-state index in [4.69, 9.17) is 0 Å². The molecular weight excluding hydrogens is 196 g/mol. The summed E-state index contributed by atoms with van der Waals surface area (Å²) in [5, 5.41) is 10.5. The van der Waals surface area contributed by atoms with Gasteiger partial charge in [0.05, 0.1) is 5.60 Å². The van der Waals surface area contributed by atoms with E-state index >= 15 is 0 Å². The second kappa shape index (κ2) is 5.01. The van der Waals surface area contributed by atoms with Crippen LogP contribution in [0.5, 0.6) is 0 Å². The fraction of sp³-hybridized carbons (Fsp3) is 0.600. The highest BCUT2D eigenvalue weighted by atomic mass is 16.3. The van der Waals surface area contributed by atoms with E-state index in [0.29, 0.717) is 5.92 Å². The molecule has 90 valence electrons. The van der Waals surface area contributed by atoms with Crippen molar-refractivity contribution in [2.24, 2.45) is 5.92 Å². The first-order valence-electron chi connectivity index (χ1n) is 6.22. The first kappa shape index (κ1) is 13.2. The van der Waals surface area contributed by atoms with Crippen molar-refractivity contribution in [1.82, 2.24) is 0 Å². The number of aliphatic hydroxyl groups is 1. The highest BCUT2D eigenvalue weighted by Gasteiger charge is 2.28. The monoisotopic (exact) mass is 220 g/mol. The van der Waals surface area contributed by atoms with E-state index in [0.717, 1.165) is 12.0 Å². The summed E-state index contributed by atoms with van der Waals surface area (Å²) in [7, 11) is 0. The molecule has 0 aromatic heterocycles. The summed E-state index contributed by atoms with van der Waals surface area (Å²) in [5.41, 5.74) is 1.62. The van der Waals surface area contributed by atoms with Crippen molar-refractivity contribution in [2.45, 2.75) is 52.6 Å². The zero-order valence-corrected chi connectivity index (χ0v) is 11.1. The van der Waals surface area contributed by atoms with Crippen LogP contribution < -0.4 is 0 Å². The number of hydrogen-bond donors (Lipinski definition) is 1. The van der Waals surface area contributed by atoms with E-state index in [1.54, 1.807) is 0 Å². The van der Waals surface area contributed by atoms with Gasteiger partial charge in [0.15, 0.2) is 0 Å². The van der Waals surface area contributed by atoms with Gasteiger partial charge in [-0.2, -0.15) is 0 Å². The second-order valence-corrected chi connectivity index (χ2v) is 5.23. The lowest BCUT2D eigenvalue weighted by atomic mass is 9.82. The number of hydrogen-bond acceptors (Lipinski definition) is 1. The third kappa shape index (κ3) is 2.65. The average molecular weight is 220 g/mol. The summed E-state index contributed by atoms with van der Waals surface area (Å²) in [5.74, 6) is 0.819. The molecule has 0 heterocycles. The van der Waals surface area contributed by atoms with Gasteiger partial charge in [-0.05, 0) is 29.9 Å². The van der Waals surface area contributed by atoms with Gasteiger partial charge in [0.25, 0.3) is 0 Å². The van der Waals surface area contributed by atoms with Gasteiger partial charge in [0, 0.05) is 0 Å². The Morgan fingerprint density at radius 2 is 1.62 bits per heavy atom. The van der Waals surface area contributed by atoms with Gasteiger partial charge in [-0.25, -0.2) is 0 Å². The van der Waals surface area contributed by atoms with Gasteiger partial charge in [-0.3, -0.25) is 0 Å². The van der Waals surface area contributed by atoms with E-state index in [1.807, 2.05) is 6.92 Å². The fourth-order valence-electron chi connectivity index (χ4n) is 1.89. The van der Waals surface area contributed by atoms with E-state index in [1.165, 1.54) is 5.56 Å². The van der Waals surface area contributed by atoms with Gasteiger partial charge in [0.2, 0.25) is 0 Å². The van der Waals surface area contributed by atoms with Gasteiger partial charge in [-0.15, -0.1) is 0 Å². The molecule has 1 N–H and O–H groups in total. The molecule has 0 aliphatic carbocycles. The minimum absolute atomic E-state index is 0.275. The number of benzene rings is 1. The molecule has 1 nitrogen and oxygen atoms in total. The Kier molecular flexibility index (Phi) is 4.15. The minimum Gasteiger partial charge on any atom is -0.385 e. The van der Waals surface area contributed by atoms with Crippen molar-refractivity contribution in [1.29, 1.82) is 0 Å². The Bertz CT molecular complexity index is 322. The van der Waals surface area contributed by atoms with Crippen LogP contribution in [-0.4, -0.2) is 5.11 Å². The summed E-state index contributed by atoms with van der Waals surface area (Å²) in [4.78, 5) is 0. The minimum atomic E-state index is -0.718. The molecule has 0 amide bonds. The third-order valence-corrected chi connectivity index (χ3v) is 3.73. The zero-order chi connectivity index (χ0) is 12.3. The first-order chi connectivity index (χ1) is 7.39. The average Bonchev–Trinajstić information content (AvgIpc) is 2.28. The Labute approximate surface area is 99.5 Å². The summed E-state index contributed by atoms with van der Waals surface area (Å²) < 4.78 is 0. The van der Waals surface area contributed by atoms with Crippen molar-refractivity contribution in [3.63, 3.8) is 0 Å². The largest absolute Gasteiger partial charge is 0.385 e. The predicted octanol–water partition coefficient (Wildman–Crippen LogP) is 4.06. The van der Waals surface area contributed by atoms with E-state index in [-0.39, 0.29) is 5.92 Å². The Morgan fingerprint density at radius 1 is 1.12 bits per heavy atom. The Hall–Kier alpha value is -0.820.